The van der Waals surface area contributed by atoms with E-state index in [2.05, 4.69) is 5.32 Å². The van der Waals surface area contributed by atoms with Crippen LogP contribution in [0.2, 0.25) is 0 Å². The van der Waals surface area contributed by atoms with E-state index in [1.54, 1.807) is 0 Å². The smallest absolute Gasteiger partial charge is 0.248 e. The largest absolute Gasteiger partial charge is 0.460 e. The minimum atomic E-state index is -1.61. The maximum atomic E-state index is 12.9. The summed E-state index contributed by atoms with van der Waals surface area (Å²) in [4.78, 5) is 22.2. The van der Waals surface area contributed by atoms with Gasteiger partial charge in [-0.25, -0.2) is 8.78 Å². The molecule has 1 aromatic rings. The first-order valence-corrected chi connectivity index (χ1v) is 6.00. The van der Waals surface area contributed by atoms with Crippen LogP contribution in [0.4, 0.5) is 8.78 Å². The van der Waals surface area contributed by atoms with Crippen molar-refractivity contribution in [1.29, 1.82) is 0 Å². The Kier molecular flexibility index (Phi) is 5.54. The van der Waals surface area contributed by atoms with Crippen LogP contribution in [0.3, 0.4) is 0 Å². The number of benzene rings is 1. The molecule has 0 spiro atoms. The van der Waals surface area contributed by atoms with Gasteiger partial charge in [-0.1, -0.05) is 0 Å². The minimum absolute atomic E-state index is 0.126. The van der Waals surface area contributed by atoms with Crippen LogP contribution >= 0.6 is 0 Å². The van der Waals surface area contributed by atoms with Crippen LogP contribution in [0, 0.1) is 11.6 Å². The lowest BCUT2D eigenvalue weighted by molar-refractivity contribution is -0.153. The van der Waals surface area contributed by atoms with Gasteiger partial charge in [0.15, 0.2) is 12.0 Å². The molecule has 0 unspecified atom stereocenters. The number of aliphatic hydroxyl groups is 1. The van der Waals surface area contributed by atoms with Crippen LogP contribution in [-0.4, -0.2) is 23.1 Å². The summed E-state index contributed by atoms with van der Waals surface area (Å²) >= 11 is 0. The van der Waals surface area contributed by atoms with E-state index in [1.807, 2.05) is 0 Å². The third kappa shape index (κ3) is 6.62. The predicted molar refractivity (Wildman–Crippen MR) is 69.7 cm³/mol. The number of rotatable bonds is 6. The molecule has 0 fully saturated rings. The Morgan fingerprint density at radius 3 is 2.38 bits per heavy atom. The van der Waals surface area contributed by atoms with Gasteiger partial charge in [-0.15, -0.1) is 0 Å². The van der Waals surface area contributed by atoms with Gasteiger partial charge in [0, 0.05) is 32.5 Å². The zero-order chi connectivity index (χ0) is 16.0. The fraction of sp³-hybridized carbons (Fsp3) is 0.286. The lowest BCUT2D eigenvalue weighted by Crippen LogP contribution is -2.26. The number of amides is 1. The van der Waals surface area contributed by atoms with Gasteiger partial charge in [0.1, 0.15) is 11.6 Å². The number of halogens is 2. The van der Waals surface area contributed by atoms with Gasteiger partial charge in [-0.3, -0.25) is 9.59 Å². The molecule has 0 bridgehead atoms. The highest BCUT2D eigenvalue weighted by Crippen LogP contribution is 2.10. The van der Waals surface area contributed by atoms with Crippen LogP contribution < -0.4 is 5.32 Å². The number of aldehydes is 1. The molecule has 0 aliphatic rings. The molecular formula is C14H15F2NO4. The summed E-state index contributed by atoms with van der Waals surface area (Å²) in [5.41, 5.74) is 0.227. The molecule has 1 rings (SSSR count). The molecule has 0 radical (unpaired) electrons. The molecule has 7 heteroatoms. The molecule has 0 saturated carbocycles. The summed E-state index contributed by atoms with van der Waals surface area (Å²) in [6.07, 6.45) is 1.10. The zero-order valence-electron chi connectivity index (χ0n) is 11.5. The second-order valence-electron chi connectivity index (χ2n) is 4.71. The first-order valence-electron chi connectivity index (χ1n) is 6.00. The van der Waals surface area contributed by atoms with E-state index in [9.17, 15) is 23.5 Å². The number of carbonyl (C=O) groups excluding carboxylic acids is 2. The van der Waals surface area contributed by atoms with Crippen molar-refractivity contribution in [3.63, 3.8) is 0 Å². The Hall–Kier alpha value is -2.28. The maximum absolute atomic E-state index is 12.9. The average molecular weight is 299 g/mol. The molecule has 0 atom stereocenters. The van der Waals surface area contributed by atoms with E-state index in [1.165, 1.54) is 13.8 Å². The summed E-state index contributed by atoms with van der Waals surface area (Å²) in [6.45, 7) is 2.45. The van der Waals surface area contributed by atoms with Crippen molar-refractivity contribution in [2.24, 2.45) is 0 Å². The van der Waals surface area contributed by atoms with Gasteiger partial charge in [0.2, 0.25) is 11.7 Å². The number of carbonyl (C=O) groups is 2. The number of nitrogens with one attached hydrogen (secondary N) is 1. The molecule has 2 N–H and O–H groups in total. The first-order chi connectivity index (χ1) is 9.69. The highest BCUT2D eigenvalue weighted by atomic mass is 19.1. The van der Waals surface area contributed by atoms with Gasteiger partial charge in [-0.05, 0) is 17.7 Å². The van der Waals surface area contributed by atoms with Gasteiger partial charge in [0.05, 0.1) is 0 Å². The van der Waals surface area contributed by atoms with Crippen LogP contribution in [0.15, 0.2) is 30.0 Å². The molecule has 0 saturated heterocycles. The fourth-order valence-corrected chi connectivity index (χ4v) is 1.46. The van der Waals surface area contributed by atoms with E-state index < -0.39 is 23.3 Å². The lowest BCUT2D eigenvalue weighted by Gasteiger charge is -2.18. The van der Waals surface area contributed by atoms with E-state index in [0.717, 1.165) is 18.2 Å². The van der Waals surface area contributed by atoms with Crippen LogP contribution in [-0.2, 0) is 20.9 Å². The standard InChI is InChI=1S/C14H15F2NO4/c1-14(2,20)21-12(8-18)6-13(19)17-7-9-3-10(15)5-11(16)4-9/h3-6,8,20H,7H2,1-2H3,(H,17,19)/b12-6-. The number of allylic oxidation sites excluding steroid dienone is 1. The van der Waals surface area contributed by atoms with Crippen LogP contribution in [0.1, 0.15) is 19.4 Å². The molecule has 0 aliphatic heterocycles. The Morgan fingerprint density at radius 2 is 1.90 bits per heavy atom. The highest BCUT2D eigenvalue weighted by Gasteiger charge is 2.16. The summed E-state index contributed by atoms with van der Waals surface area (Å²) < 4.78 is 30.7. The van der Waals surface area contributed by atoms with E-state index >= 15 is 0 Å². The Balaban J connectivity index is 2.66. The van der Waals surface area contributed by atoms with Gasteiger partial charge >= 0.3 is 0 Å². The normalized spacial score (nSPS) is 12.0. The fourth-order valence-electron chi connectivity index (χ4n) is 1.46. The maximum Gasteiger partial charge on any atom is 0.248 e. The van der Waals surface area contributed by atoms with E-state index in [4.69, 9.17) is 4.74 Å². The third-order valence-electron chi connectivity index (χ3n) is 2.15. The van der Waals surface area contributed by atoms with Crippen LogP contribution in [0.25, 0.3) is 0 Å². The van der Waals surface area contributed by atoms with Gasteiger partial charge < -0.3 is 15.2 Å². The second-order valence-corrected chi connectivity index (χ2v) is 4.71. The van der Waals surface area contributed by atoms with E-state index in [0.29, 0.717) is 6.07 Å². The topological polar surface area (TPSA) is 75.6 Å². The molecule has 114 valence electrons. The lowest BCUT2D eigenvalue weighted by atomic mass is 10.2. The summed E-state index contributed by atoms with van der Waals surface area (Å²) in [5, 5.41) is 11.7. The number of hydrogen-bond acceptors (Lipinski definition) is 4. The van der Waals surface area contributed by atoms with Crippen molar-refractivity contribution in [3.8, 4) is 0 Å². The van der Waals surface area contributed by atoms with Gasteiger partial charge in [0.25, 0.3) is 0 Å². The summed E-state index contributed by atoms with van der Waals surface area (Å²) in [7, 11) is 0. The Morgan fingerprint density at radius 1 is 1.33 bits per heavy atom. The predicted octanol–water partition coefficient (Wildman–Crippen LogP) is 1.41. The van der Waals surface area contributed by atoms with Crippen molar-refractivity contribution in [2.75, 3.05) is 0 Å². The van der Waals surface area contributed by atoms with E-state index in [-0.39, 0.29) is 24.2 Å². The monoisotopic (exact) mass is 299 g/mol. The summed E-state index contributed by atoms with van der Waals surface area (Å²) in [5.74, 6) is -4.20. The zero-order valence-corrected chi connectivity index (χ0v) is 11.5. The van der Waals surface area contributed by atoms with Crippen molar-refractivity contribution in [2.45, 2.75) is 26.2 Å². The third-order valence-corrected chi connectivity index (χ3v) is 2.15. The molecular weight excluding hydrogens is 284 g/mol. The van der Waals surface area contributed by atoms with Crippen molar-refractivity contribution in [3.05, 3.63) is 47.2 Å². The molecule has 0 aromatic heterocycles. The number of ether oxygens (including phenoxy) is 1. The molecule has 1 amide bonds. The minimum Gasteiger partial charge on any atom is -0.460 e. The van der Waals surface area contributed by atoms with Crippen molar-refractivity contribution < 1.29 is 28.2 Å². The molecule has 0 heterocycles. The van der Waals surface area contributed by atoms with Crippen molar-refractivity contribution >= 4 is 12.2 Å². The Labute approximate surface area is 120 Å². The SMILES string of the molecule is CC(C)(O)O/C(C=O)=C\C(=O)NCc1cc(F)cc(F)c1. The first kappa shape index (κ1) is 16.8. The molecule has 1 aromatic carbocycles. The van der Waals surface area contributed by atoms with Crippen molar-refractivity contribution in [1.82, 2.24) is 5.32 Å². The molecule has 5 nitrogen and oxygen atoms in total. The highest BCUT2D eigenvalue weighted by molar-refractivity contribution is 5.92. The average Bonchev–Trinajstić information content (AvgIpc) is 2.32. The molecule has 21 heavy (non-hydrogen) atoms. The number of hydrogen-bond donors (Lipinski definition) is 2. The second kappa shape index (κ2) is 6.94. The van der Waals surface area contributed by atoms with Crippen LogP contribution in [0.5, 0.6) is 0 Å². The molecule has 0 aliphatic carbocycles. The quantitative estimate of drug-likeness (QED) is 0.360. The van der Waals surface area contributed by atoms with Gasteiger partial charge in [-0.2, -0.15) is 0 Å². The Bertz CT molecular complexity index is 544. The summed E-state index contributed by atoms with van der Waals surface area (Å²) in [6, 6.07) is 2.86.